The molecule has 4 rings (SSSR count). The smallest absolute Gasteiger partial charge is 0.302 e. The summed E-state index contributed by atoms with van der Waals surface area (Å²) < 4.78 is 27.9. The topological polar surface area (TPSA) is 107 Å². The van der Waals surface area contributed by atoms with Crippen molar-refractivity contribution >= 4 is 22.2 Å². The van der Waals surface area contributed by atoms with Gasteiger partial charge in [-0.05, 0) is 47.6 Å². The number of phenols is 1. The molecule has 0 spiro atoms. The van der Waals surface area contributed by atoms with Gasteiger partial charge >= 0.3 is 10.2 Å². The highest BCUT2D eigenvalue weighted by atomic mass is 32.2. The van der Waals surface area contributed by atoms with Gasteiger partial charge in [-0.25, -0.2) is 0 Å². The lowest BCUT2D eigenvalue weighted by Gasteiger charge is -2.24. The van der Waals surface area contributed by atoms with Gasteiger partial charge in [-0.1, -0.05) is 66.7 Å². The van der Waals surface area contributed by atoms with Crippen LogP contribution in [0.5, 0.6) is 5.75 Å². The maximum absolute atomic E-state index is 12.3. The molecule has 0 saturated carbocycles. The molecule has 3 aromatic carbocycles. The molecule has 1 aliphatic rings. The number of carbonyl (C=O) groups excluding carboxylic acids is 1. The second-order valence-corrected chi connectivity index (χ2v) is 9.86. The van der Waals surface area contributed by atoms with Crippen LogP contribution in [0.3, 0.4) is 0 Å². The molecule has 1 fully saturated rings. The number of aromatic hydroxyl groups is 1. The SMILES string of the molecule is O=CC1CN(c2ccc(CC(Cc3ccccc3)C(O)c3ccccc3)cc2O)S(=O)(=O)N1. The molecule has 0 amide bonds. The van der Waals surface area contributed by atoms with Crippen molar-refractivity contribution in [1.29, 1.82) is 0 Å². The molecule has 8 heteroatoms. The predicted molar refractivity (Wildman–Crippen MR) is 126 cm³/mol. The number of carbonyl (C=O) groups is 1. The van der Waals surface area contributed by atoms with Crippen molar-refractivity contribution in [2.24, 2.45) is 5.92 Å². The van der Waals surface area contributed by atoms with E-state index >= 15 is 0 Å². The minimum atomic E-state index is -3.90. The summed E-state index contributed by atoms with van der Waals surface area (Å²) in [4.78, 5) is 11.0. The maximum Gasteiger partial charge on any atom is 0.302 e. The van der Waals surface area contributed by atoms with E-state index in [1.54, 1.807) is 6.07 Å². The fourth-order valence-corrected chi connectivity index (χ4v) is 5.62. The third-order valence-corrected chi connectivity index (χ3v) is 7.38. The van der Waals surface area contributed by atoms with Gasteiger partial charge in [0.2, 0.25) is 0 Å². The van der Waals surface area contributed by atoms with Gasteiger partial charge in [-0.3, -0.25) is 4.31 Å². The summed E-state index contributed by atoms with van der Waals surface area (Å²) in [5.41, 5.74) is 2.78. The monoisotopic (exact) mass is 466 g/mol. The summed E-state index contributed by atoms with van der Waals surface area (Å²) in [5.74, 6) is -0.367. The van der Waals surface area contributed by atoms with Crippen LogP contribution < -0.4 is 9.03 Å². The van der Waals surface area contributed by atoms with Crippen molar-refractivity contribution in [1.82, 2.24) is 4.72 Å². The number of aldehydes is 1. The lowest BCUT2D eigenvalue weighted by Crippen LogP contribution is -2.30. The number of benzene rings is 3. The minimum Gasteiger partial charge on any atom is -0.506 e. The van der Waals surface area contributed by atoms with Crippen LogP contribution in [0, 0.1) is 5.92 Å². The Morgan fingerprint density at radius 1 is 0.970 bits per heavy atom. The van der Waals surface area contributed by atoms with E-state index in [1.807, 2.05) is 60.7 Å². The Hall–Kier alpha value is -3.20. The van der Waals surface area contributed by atoms with Crippen LogP contribution in [0.4, 0.5) is 5.69 Å². The van der Waals surface area contributed by atoms with Crippen LogP contribution in [-0.2, 0) is 27.8 Å². The summed E-state index contributed by atoms with van der Waals surface area (Å²) in [6.07, 6.45) is 0.915. The number of rotatable bonds is 8. The summed E-state index contributed by atoms with van der Waals surface area (Å²) in [7, 11) is -3.90. The van der Waals surface area contributed by atoms with Crippen molar-refractivity contribution in [3.8, 4) is 5.75 Å². The highest BCUT2D eigenvalue weighted by Crippen LogP contribution is 2.34. The van der Waals surface area contributed by atoms with Gasteiger partial charge in [0, 0.05) is 0 Å². The molecular formula is C25H26N2O5S. The number of anilines is 1. The average molecular weight is 467 g/mol. The zero-order valence-corrected chi connectivity index (χ0v) is 18.7. The number of aliphatic hydroxyl groups is 1. The molecular weight excluding hydrogens is 440 g/mol. The summed E-state index contributed by atoms with van der Waals surface area (Å²) >= 11 is 0. The number of nitrogens with zero attached hydrogens (tertiary/aromatic N) is 1. The first-order valence-corrected chi connectivity index (χ1v) is 12.2. The lowest BCUT2D eigenvalue weighted by molar-refractivity contribution is -0.108. The first-order valence-electron chi connectivity index (χ1n) is 10.7. The van der Waals surface area contributed by atoms with E-state index in [-0.39, 0.29) is 23.9 Å². The van der Waals surface area contributed by atoms with Gasteiger partial charge in [0.15, 0.2) is 0 Å². The fourth-order valence-electron chi connectivity index (χ4n) is 4.21. The van der Waals surface area contributed by atoms with E-state index in [0.717, 1.165) is 21.0 Å². The van der Waals surface area contributed by atoms with Crippen LogP contribution in [0.15, 0.2) is 78.9 Å². The zero-order valence-electron chi connectivity index (χ0n) is 17.9. The van der Waals surface area contributed by atoms with E-state index in [2.05, 4.69) is 4.72 Å². The van der Waals surface area contributed by atoms with Crippen molar-refractivity contribution in [2.75, 3.05) is 10.8 Å². The van der Waals surface area contributed by atoms with Crippen LogP contribution >= 0.6 is 0 Å². The van der Waals surface area contributed by atoms with Gasteiger partial charge in [0.1, 0.15) is 12.0 Å². The van der Waals surface area contributed by atoms with Gasteiger partial charge in [-0.2, -0.15) is 13.1 Å². The Morgan fingerprint density at radius 3 is 2.21 bits per heavy atom. The van der Waals surface area contributed by atoms with Gasteiger partial charge < -0.3 is 15.0 Å². The highest BCUT2D eigenvalue weighted by Gasteiger charge is 2.36. The van der Waals surface area contributed by atoms with E-state index in [9.17, 15) is 23.4 Å². The molecule has 3 N–H and O–H groups in total. The molecule has 0 aromatic heterocycles. The quantitative estimate of drug-likeness (QED) is 0.443. The van der Waals surface area contributed by atoms with E-state index in [1.165, 1.54) is 12.1 Å². The van der Waals surface area contributed by atoms with E-state index in [4.69, 9.17) is 0 Å². The Morgan fingerprint density at radius 2 is 1.61 bits per heavy atom. The van der Waals surface area contributed by atoms with Crippen molar-refractivity contribution in [3.05, 3.63) is 95.6 Å². The number of nitrogens with one attached hydrogen (secondary N) is 1. The molecule has 1 saturated heterocycles. The third kappa shape index (κ3) is 5.24. The molecule has 3 aromatic rings. The average Bonchev–Trinajstić information content (AvgIpc) is 3.13. The molecule has 172 valence electrons. The number of hydrogen-bond acceptors (Lipinski definition) is 5. The molecule has 3 atom stereocenters. The zero-order chi connectivity index (χ0) is 23.4. The molecule has 0 bridgehead atoms. The Bertz CT molecular complexity index is 1200. The van der Waals surface area contributed by atoms with Crippen molar-refractivity contribution in [2.45, 2.75) is 25.0 Å². The first-order chi connectivity index (χ1) is 15.9. The maximum atomic E-state index is 12.3. The lowest BCUT2D eigenvalue weighted by atomic mass is 9.85. The van der Waals surface area contributed by atoms with E-state index < -0.39 is 22.4 Å². The first kappa shape index (κ1) is 23.0. The Balaban J connectivity index is 1.59. The number of aliphatic hydroxyl groups excluding tert-OH is 1. The Kier molecular flexibility index (Phi) is 6.78. The van der Waals surface area contributed by atoms with Gasteiger partial charge in [0.25, 0.3) is 0 Å². The van der Waals surface area contributed by atoms with Crippen molar-refractivity contribution in [3.63, 3.8) is 0 Å². The van der Waals surface area contributed by atoms with Gasteiger partial charge in [-0.15, -0.1) is 0 Å². The standard InChI is InChI=1S/C25H26N2O5S/c28-17-22-16-27(33(31,32)26-22)23-12-11-19(15-24(23)29)14-21(13-18-7-3-1-4-8-18)25(30)20-9-5-2-6-10-20/h1-12,15,17,21-22,25-26,29-30H,13-14,16H2. The van der Waals surface area contributed by atoms with Crippen LogP contribution in [0.1, 0.15) is 22.8 Å². The summed E-state index contributed by atoms with van der Waals surface area (Å²) in [5, 5.41) is 21.7. The molecule has 0 aliphatic carbocycles. The van der Waals surface area contributed by atoms with Crippen LogP contribution in [-0.4, -0.2) is 37.5 Å². The molecule has 33 heavy (non-hydrogen) atoms. The molecule has 7 nitrogen and oxygen atoms in total. The minimum absolute atomic E-state index is 0.0813. The number of hydrogen-bond donors (Lipinski definition) is 3. The van der Waals surface area contributed by atoms with Gasteiger partial charge in [0.05, 0.1) is 24.4 Å². The second kappa shape index (κ2) is 9.74. The normalized spacial score (nSPS) is 19.2. The molecule has 1 aliphatic heterocycles. The van der Waals surface area contributed by atoms with Crippen LogP contribution in [0.25, 0.3) is 0 Å². The Labute approximate surface area is 193 Å². The molecule has 0 radical (unpaired) electrons. The summed E-state index contributed by atoms with van der Waals surface area (Å²) in [6, 6.07) is 23.3. The molecule has 3 unspecified atom stereocenters. The predicted octanol–water partition coefficient (Wildman–Crippen LogP) is 2.75. The summed E-state index contributed by atoms with van der Waals surface area (Å²) in [6.45, 7) is -0.0813. The molecule has 1 heterocycles. The number of phenolic OH excluding ortho intramolecular Hbond substituents is 1. The van der Waals surface area contributed by atoms with Crippen LogP contribution in [0.2, 0.25) is 0 Å². The largest absolute Gasteiger partial charge is 0.506 e. The van der Waals surface area contributed by atoms with E-state index in [0.29, 0.717) is 19.1 Å². The second-order valence-electron chi connectivity index (χ2n) is 8.23. The fraction of sp³-hybridized carbons (Fsp3) is 0.240. The third-order valence-electron chi connectivity index (χ3n) is 5.85. The highest BCUT2D eigenvalue weighted by molar-refractivity contribution is 7.91. The van der Waals surface area contributed by atoms with Crippen molar-refractivity contribution < 1.29 is 23.4 Å².